The first-order valence-electron chi connectivity index (χ1n) is 2.37. The van der Waals surface area contributed by atoms with Crippen molar-refractivity contribution in [1.82, 2.24) is 0 Å². The highest BCUT2D eigenvalue weighted by molar-refractivity contribution is 14.2. The Balaban J connectivity index is 2.63. The van der Waals surface area contributed by atoms with Crippen LogP contribution in [0.1, 0.15) is 6.42 Å². The second-order valence-corrected chi connectivity index (χ2v) is 5.33. The van der Waals surface area contributed by atoms with Gasteiger partial charge in [-0.2, -0.15) is 0 Å². The van der Waals surface area contributed by atoms with E-state index in [0.29, 0.717) is 0 Å². The van der Waals surface area contributed by atoms with E-state index in [1.54, 1.807) is 0 Å². The average molecular weight is 243 g/mol. The Morgan fingerprint density at radius 3 is 3.00 bits per heavy atom. The molecule has 3 heteroatoms. The maximum atomic E-state index is 5.71. The van der Waals surface area contributed by atoms with Crippen molar-refractivity contribution in [2.75, 3.05) is 0 Å². The summed E-state index contributed by atoms with van der Waals surface area (Å²) in [6, 6.07) is 0.191. The Morgan fingerprint density at radius 2 is 2.62 bits per heavy atom. The Hall–Kier alpha value is 0.590. The Bertz CT molecular complexity index is 141. The number of halogens is 2. The lowest BCUT2D eigenvalue weighted by Crippen LogP contribution is -2.17. The molecule has 0 radical (unpaired) electrons. The van der Waals surface area contributed by atoms with Crippen LogP contribution in [0.15, 0.2) is 9.12 Å². The fourth-order valence-corrected chi connectivity index (χ4v) is 2.97. The number of hydrogen-bond donors (Lipinski definition) is 1. The summed E-state index contributed by atoms with van der Waals surface area (Å²) in [5, 5.41) is 0. The molecule has 2 N–H and O–H groups in total. The van der Waals surface area contributed by atoms with Crippen molar-refractivity contribution in [1.29, 1.82) is 0 Å². The van der Waals surface area contributed by atoms with Crippen LogP contribution in [-0.4, -0.2) is 10.1 Å². The highest BCUT2D eigenvalue weighted by Crippen LogP contribution is 2.22. The topological polar surface area (TPSA) is 26.0 Å². The van der Waals surface area contributed by atoms with Crippen molar-refractivity contribution in [2.24, 2.45) is 5.73 Å². The lowest BCUT2D eigenvalue weighted by Gasteiger charge is -2.05. The summed E-state index contributed by atoms with van der Waals surface area (Å²) in [4.78, 5) is 0. The van der Waals surface area contributed by atoms with Crippen LogP contribution in [0.5, 0.6) is 0 Å². The molecule has 0 aromatic carbocycles. The van der Waals surface area contributed by atoms with E-state index in [9.17, 15) is 0 Å². The second-order valence-electron chi connectivity index (χ2n) is 1.62. The molecule has 1 aliphatic rings. The maximum absolute atomic E-state index is 5.71. The van der Waals surface area contributed by atoms with E-state index in [2.05, 4.69) is 4.01 Å². The molecule has 46 valence electrons. The largest absolute Gasteiger partial charge is 0.324 e. The molecule has 1 rings (SSSR count). The molecule has 0 aromatic rings. The molecule has 1 heterocycles. The van der Waals surface area contributed by atoms with Crippen molar-refractivity contribution in [3.8, 4) is 0 Å². The Labute approximate surface area is 63.6 Å². The molecule has 0 fully saturated rings. The minimum Gasteiger partial charge on any atom is -0.324 e. The fraction of sp³-hybridized carbons (Fsp3) is 0.400. The monoisotopic (exact) mass is 243 g/mol. The van der Waals surface area contributed by atoms with Crippen LogP contribution in [0.4, 0.5) is 0 Å². The summed E-state index contributed by atoms with van der Waals surface area (Å²) < 4.78 is 3.20. The predicted molar refractivity (Wildman–Crippen MR) is 46.6 cm³/mol. The first-order valence-corrected chi connectivity index (χ1v) is 5.07. The lowest BCUT2D eigenvalue weighted by molar-refractivity contribution is 0.875. The third-order valence-electron chi connectivity index (χ3n) is 0.883. The van der Waals surface area contributed by atoms with Gasteiger partial charge in [-0.05, 0) is 16.5 Å². The standard InChI is InChI=1S/C5H7ClIN/c6-5-3-4(8)1-2-7-5/h2-4H,1,8H2. The van der Waals surface area contributed by atoms with Gasteiger partial charge >= 0.3 is 0 Å². The molecule has 8 heavy (non-hydrogen) atoms. The summed E-state index contributed by atoms with van der Waals surface area (Å²) >= 11 is 5.76. The van der Waals surface area contributed by atoms with Gasteiger partial charge in [0.1, 0.15) is 0 Å². The van der Waals surface area contributed by atoms with E-state index < -0.39 is 0 Å². The first kappa shape index (κ1) is 6.71. The minimum absolute atomic E-state index is 0.0463. The van der Waals surface area contributed by atoms with Crippen molar-refractivity contribution in [3.05, 3.63) is 9.12 Å². The number of nitrogens with two attached hydrogens (primary N) is 1. The van der Waals surface area contributed by atoms with Gasteiger partial charge in [0.25, 0.3) is 0 Å². The molecule has 0 aromatic heterocycles. The molecular formula is C5H7ClIN. The van der Waals surface area contributed by atoms with E-state index in [1.807, 2.05) is 6.08 Å². The zero-order valence-electron chi connectivity index (χ0n) is 4.27. The van der Waals surface area contributed by atoms with Gasteiger partial charge in [-0.1, -0.05) is 32.3 Å². The van der Waals surface area contributed by atoms with Gasteiger partial charge in [-0.3, -0.25) is 0 Å². The molecular weight excluding hydrogens is 236 g/mol. The first-order chi connectivity index (χ1) is 3.79. The van der Waals surface area contributed by atoms with Crippen LogP contribution in [-0.2, 0) is 0 Å². The second kappa shape index (κ2) is 2.94. The third-order valence-corrected chi connectivity index (χ3v) is 3.47. The summed E-state index contributed by atoms with van der Waals surface area (Å²) in [6.07, 6.45) is 2.97. The molecule has 1 aliphatic heterocycles. The molecule has 0 spiro atoms. The predicted octanol–water partition coefficient (Wildman–Crippen LogP) is 1.57. The number of rotatable bonds is 0. The van der Waals surface area contributed by atoms with Crippen LogP contribution in [0, 0.1) is 0 Å². The van der Waals surface area contributed by atoms with Crippen LogP contribution < -0.4 is 5.73 Å². The SMILES string of the molecule is NC1C=C(Cl)I=CC1. The zero-order chi connectivity index (χ0) is 5.98. The van der Waals surface area contributed by atoms with Crippen LogP contribution in [0.25, 0.3) is 0 Å². The van der Waals surface area contributed by atoms with Gasteiger partial charge in [-0.15, -0.1) is 0 Å². The van der Waals surface area contributed by atoms with Crippen molar-refractivity contribution in [2.45, 2.75) is 12.5 Å². The van der Waals surface area contributed by atoms with E-state index >= 15 is 0 Å². The number of hydrogen-bond acceptors (Lipinski definition) is 1. The van der Waals surface area contributed by atoms with E-state index in [4.69, 9.17) is 17.3 Å². The molecule has 0 saturated heterocycles. The van der Waals surface area contributed by atoms with Crippen molar-refractivity contribution in [3.63, 3.8) is 0 Å². The quantitative estimate of drug-likeness (QED) is 0.642. The van der Waals surface area contributed by atoms with Crippen LogP contribution in [0.2, 0.25) is 0 Å². The van der Waals surface area contributed by atoms with Gasteiger partial charge in [0.2, 0.25) is 0 Å². The summed E-state index contributed by atoms with van der Waals surface area (Å²) in [5.74, 6) is 0. The molecule has 1 atom stereocenters. The lowest BCUT2D eigenvalue weighted by atomic mass is 10.2. The highest BCUT2D eigenvalue weighted by Gasteiger charge is 2.00. The summed E-state index contributed by atoms with van der Waals surface area (Å²) in [5.41, 5.74) is 5.55. The zero-order valence-corrected chi connectivity index (χ0v) is 7.19. The minimum atomic E-state index is 0.0463. The smallest absolute Gasteiger partial charge is 0.0707 e. The Kier molecular flexibility index (Phi) is 2.46. The average Bonchev–Trinajstić information content (AvgIpc) is 1.64. The van der Waals surface area contributed by atoms with E-state index in [-0.39, 0.29) is 26.8 Å². The van der Waals surface area contributed by atoms with Gasteiger partial charge in [-0.25, -0.2) is 0 Å². The summed E-state index contributed by atoms with van der Waals surface area (Å²) in [7, 11) is 0. The van der Waals surface area contributed by atoms with Crippen molar-refractivity contribution >= 4 is 36.3 Å². The van der Waals surface area contributed by atoms with Crippen LogP contribution >= 0.6 is 32.3 Å². The normalized spacial score (nSPS) is 28.8. The van der Waals surface area contributed by atoms with Crippen molar-refractivity contribution < 1.29 is 0 Å². The fourth-order valence-electron chi connectivity index (χ4n) is 0.487. The van der Waals surface area contributed by atoms with Gasteiger partial charge < -0.3 is 5.73 Å². The van der Waals surface area contributed by atoms with Crippen LogP contribution in [0.3, 0.4) is 0 Å². The van der Waals surface area contributed by atoms with E-state index in [0.717, 1.165) is 9.46 Å². The maximum Gasteiger partial charge on any atom is 0.0707 e. The Morgan fingerprint density at radius 1 is 1.88 bits per heavy atom. The molecule has 1 nitrogen and oxygen atoms in total. The van der Waals surface area contributed by atoms with Gasteiger partial charge in [0, 0.05) is 6.04 Å². The molecule has 0 saturated carbocycles. The van der Waals surface area contributed by atoms with Gasteiger partial charge in [0.05, 0.1) is 3.04 Å². The third kappa shape index (κ3) is 1.84. The van der Waals surface area contributed by atoms with Gasteiger partial charge in [0.15, 0.2) is 0 Å². The summed E-state index contributed by atoms with van der Waals surface area (Å²) in [6.45, 7) is 0. The highest BCUT2D eigenvalue weighted by atomic mass is 127. The van der Waals surface area contributed by atoms with E-state index in [1.165, 1.54) is 0 Å². The molecule has 1 unspecified atom stereocenters. The molecule has 0 amide bonds. The molecule has 0 bridgehead atoms. The molecule has 0 aliphatic carbocycles.